The van der Waals surface area contributed by atoms with Gasteiger partial charge in [-0.3, -0.25) is 4.79 Å². The number of carbonyl (C=O) groups excluding carboxylic acids is 1. The number of aromatic nitrogens is 4. The summed E-state index contributed by atoms with van der Waals surface area (Å²) >= 11 is 0. The first-order valence-corrected chi connectivity index (χ1v) is 6.23. The van der Waals surface area contributed by atoms with E-state index in [0.717, 1.165) is 6.42 Å². The van der Waals surface area contributed by atoms with E-state index < -0.39 is 0 Å². The van der Waals surface area contributed by atoms with Gasteiger partial charge in [-0.2, -0.15) is 4.80 Å². The van der Waals surface area contributed by atoms with Crippen LogP contribution in [0.3, 0.4) is 0 Å². The molecule has 2 heterocycles. The Labute approximate surface area is 111 Å². The Hall–Kier alpha value is -2.18. The molecule has 0 aromatic carbocycles. The van der Waals surface area contributed by atoms with Gasteiger partial charge in [-0.05, 0) is 29.7 Å². The molecule has 0 spiro atoms. The number of nitrogens with zero attached hydrogens (tertiary/aromatic N) is 4. The average Bonchev–Trinajstić information content (AvgIpc) is 2.97. The van der Waals surface area contributed by atoms with Gasteiger partial charge in [0.25, 0.3) is 0 Å². The highest BCUT2D eigenvalue weighted by Crippen LogP contribution is 2.12. The van der Waals surface area contributed by atoms with Gasteiger partial charge in [-0.25, -0.2) is 0 Å². The van der Waals surface area contributed by atoms with Crippen molar-refractivity contribution in [3.8, 4) is 11.6 Å². The third-order valence-corrected chi connectivity index (χ3v) is 2.52. The first-order valence-electron chi connectivity index (χ1n) is 6.23. The van der Waals surface area contributed by atoms with Crippen molar-refractivity contribution in [1.82, 2.24) is 25.5 Å². The molecule has 0 fully saturated rings. The van der Waals surface area contributed by atoms with Crippen LogP contribution in [0.4, 0.5) is 0 Å². The number of carbonyl (C=O) groups is 1. The van der Waals surface area contributed by atoms with Crippen molar-refractivity contribution in [2.24, 2.45) is 5.92 Å². The van der Waals surface area contributed by atoms with Gasteiger partial charge >= 0.3 is 0 Å². The van der Waals surface area contributed by atoms with Gasteiger partial charge in [0.15, 0.2) is 5.76 Å². The molecule has 0 atom stereocenters. The molecule has 0 aliphatic rings. The van der Waals surface area contributed by atoms with Crippen LogP contribution in [0.25, 0.3) is 11.6 Å². The second-order valence-corrected chi connectivity index (χ2v) is 4.65. The fraction of sp³-hybridized carbons (Fsp3) is 0.500. The predicted octanol–water partition coefficient (Wildman–Crippen LogP) is 1.10. The fourth-order valence-electron chi connectivity index (χ4n) is 1.50. The number of hydrogen-bond acceptors (Lipinski definition) is 5. The Kier molecular flexibility index (Phi) is 4.27. The van der Waals surface area contributed by atoms with E-state index in [1.165, 1.54) is 11.1 Å². The maximum atomic E-state index is 11.6. The minimum atomic E-state index is -0.121. The largest absolute Gasteiger partial charge is 0.461 e. The Morgan fingerprint density at radius 1 is 1.53 bits per heavy atom. The van der Waals surface area contributed by atoms with Crippen molar-refractivity contribution >= 4 is 5.91 Å². The monoisotopic (exact) mass is 263 g/mol. The van der Waals surface area contributed by atoms with Crippen molar-refractivity contribution in [1.29, 1.82) is 0 Å². The van der Waals surface area contributed by atoms with Crippen LogP contribution < -0.4 is 5.32 Å². The van der Waals surface area contributed by atoms with Gasteiger partial charge in [-0.1, -0.05) is 13.8 Å². The molecule has 0 unspecified atom stereocenters. The maximum Gasteiger partial charge on any atom is 0.243 e. The maximum absolute atomic E-state index is 11.6. The summed E-state index contributed by atoms with van der Waals surface area (Å²) in [7, 11) is 0. The first kappa shape index (κ1) is 13.3. The molecule has 2 aromatic heterocycles. The Bertz CT molecular complexity index is 518. The number of hydrogen-bond donors (Lipinski definition) is 1. The van der Waals surface area contributed by atoms with Crippen LogP contribution >= 0.6 is 0 Å². The zero-order valence-corrected chi connectivity index (χ0v) is 11.0. The van der Waals surface area contributed by atoms with Crippen LogP contribution in [0.5, 0.6) is 0 Å². The third-order valence-electron chi connectivity index (χ3n) is 2.52. The number of furan rings is 1. The van der Waals surface area contributed by atoms with E-state index in [0.29, 0.717) is 24.0 Å². The molecule has 0 aliphatic heterocycles. The van der Waals surface area contributed by atoms with Gasteiger partial charge in [0.2, 0.25) is 11.7 Å². The van der Waals surface area contributed by atoms with Crippen molar-refractivity contribution in [2.45, 2.75) is 26.8 Å². The first-order chi connectivity index (χ1) is 9.15. The zero-order chi connectivity index (χ0) is 13.7. The SMILES string of the molecule is CC(C)CCNC(=O)Cn1nnc(-c2ccco2)n1. The number of amides is 1. The predicted molar refractivity (Wildman–Crippen MR) is 68.0 cm³/mol. The van der Waals surface area contributed by atoms with E-state index in [1.807, 2.05) is 0 Å². The molecule has 7 nitrogen and oxygen atoms in total. The van der Waals surface area contributed by atoms with Crippen LogP contribution in [-0.2, 0) is 11.3 Å². The summed E-state index contributed by atoms with van der Waals surface area (Å²) in [4.78, 5) is 12.9. The summed E-state index contributed by atoms with van der Waals surface area (Å²) in [6.45, 7) is 4.95. The van der Waals surface area contributed by atoms with Gasteiger partial charge in [0, 0.05) is 6.54 Å². The molecule has 0 radical (unpaired) electrons. The molecule has 2 rings (SSSR count). The minimum Gasteiger partial charge on any atom is -0.461 e. The standard InChI is InChI=1S/C12H17N5O2/c1-9(2)5-6-13-11(18)8-17-15-12(14-16-17)10-4-3-7-19-10/h3-4,7,9H,5-6,8H2,1-2H3,(H,13,18). The van der Waals surface area contributed by atoms with Crippen LogP contribution in [0.2, 0.25) is 0 Å². The van der Waals surface area contributed by atoms with Crippen LogP contribution in [0, 0.1) is 5.92 Å². The van der Waals surface area contributed by atoms with Gasteiger partial charge in [0.05, 0.1) is 6.26 Å². The molecule has 0 bridgehead atoms. The van der Waals surface area contributed by atoms with Gasteiger partial charge in [0.1, 0.15) is 6.54 Å². The number of nitrogens with one attached hydrogen (secondary N) is 1. The van der Waals surface area contributed by atoms with Crippen molar-refractivity contribution < 1.29 is 9.21 Å². The summed E-state index contributed by atoms with van der Waals surface area (Å²) in [6.07, 6.45) is 2.49. The smallest absolute Gasteiger partial charge is 0.243 e. The summed E-state index contributed by atoms with van der Waals surface area (Å²) in [5.41, 5.74) is 0. The highest BCUT2D eigenvalue weighted by molar-refractivity contribution is 5.75. The lowest BCUT2D eigenvalue weighted by Crippen LogP contribution is -2.29. The van der Waals surface area contributed by atoms with Crippen LogP contribution in [0.1, 0.15) is 20.3 Å². The average molecular weight is 263 g/mol. The lowest BCUT2D eigenvalue weighted by molar-refractivity contribution is -0.122. The van der Waals surface area contributed by atoms with Crippen LogP contribution in [-0.4, -0.2) is 32.7 Å². The molecule has 1 amide bonds. The van der Waals surface area contributed by atoms with E-state index in [9.17, 15) is 4.79 Å². The number of tetrazole rings is 1. The van der Waals surface area contributed by atoms with E-state index in [2.05, 4.69) is 34.6 Å². The zero-order valence-electron chi connectivity index (χ0n) is 11.0. The van der Waals surface area contributed by atoms with Crippen molar-refractivity contribution in [2.75, 3.05) is 6.54 Å². The fourth-order valence-corrected chi connectivity index (χ4v) is 1.50. The van der Waals surface area contributed by atoms with Gasteiger partial charge < -0.3 is 9.73 Å². The molecule has 0 saturated heterocycles. The van der Waals surface area contributed by atoms with E-state index in [1.54, 1.807) is 12.1 Å². The second kappa shape index (κ2) is 6.12. The highest BCUT2D eigenvalue weighted by atomic mass is 16.3. The van der Waals surface area contributed by atoms with Crippen molar-refractivity contribution in [3.05, 3.63) is 18.4 Å². The summed E-state index contributed by atoms with van der Waals surface area (Å²) < 4.78 is 5.15. The van der Waals surface area contributed by atoms with E-state index in [-0.39, 0.29) is 12.5 Å². The molecular formula is C12H17N5O2. The molecule has 2 aromatic rings. The van der Waals surface area contributed by atoms with E-state index >= 15 is 0 Å². The second-order valence-electron chi connectivity index (χ2n) is 4.65. The lowest BCUT2D eigenvalue weighted by atomic mass is 10.1. The van der Waals surface area contributed by atoms with E-state index in [4.69, 9.17) is 4.42 Å². The lowest BCUT2D eigenvalue weighted by Gasteiger charge is -2.06. The third kappa shape index (κ3) is 3.90. The minimum absolute atomic E-state index is 0.0613. The Balaban J connectivity index is 1.84. The molecule has 0 aliphatic carbocycles. The molecule has 0 saturated carbocycles. The van der Waals surface area contributed by atoms with Gasteiger partial charge in [-0.15, -0.1) is 10.2 Å². The molecule has 7 heteroatoms. The number of rotatable bonds is 6. The highest BCUT2D eigenvalue weighted by Gasteiger charge is 2.10. The van der Waals surface area contributed by atoms with Crippen molar-refractivity contribution in [3.63, 3.8) is 0 Å². The molecule has 19 heavy (non-hydrogen) atoms. The molecular weight excluding hydrogens is 246 g/mol. The summed E-state index contributed by atoms with van der Waals surface area (Å²) in [5, 5.41) is 14.5. The summed E-state index contributed by atoms with van der Waals surface area (Å²) in [6, 6.07) is 3.48. The quantitative estimate of drug-likeness (QED) is 0.843. The molecule has 102 valence electrons. The topological polar surface area (TPSA) is 85.8 Å². The normalized spacial score (nSPS) is 10.9. The summed E-state index contributed by atoms with van der Waals surface area (Å²) in [5.74, 6) is 1.35. The Morgan fingerprint density at radius 2 is 2.37 bits per heavy atom. The van der Waals surface area contributed by atoms with Crippen LogP contribution in [0.15, 0.2) is 22.8 Å². The Morgan fingerprint density at radius 3 is 3.05 bits per heavy atom. The molecule has 1 N–H and O–H groups in total.